The zero-order chi connectivity index (χ0) is 27.9. The van der Waals surface area contributed by atoms with Crippen LogP contribution < -0.4 is 20.9 Å². The van der Waals surface area contributed by atoms with Crippen molar-refractivity contribution in [2.75, 3.05) is 22.9 Å². The molecule has 0 spiro atoms. The van der Waals surface area contributed by atoms with Crippen LogP contribution >= 0.6 is 18.9 Å². The molecule has 1 aliphatic heterocycles. The van der Waals surface area contributed by atoms with Crippen LogP contribution in [0.3, 0.4) is 0 Å². The first-order valence-corrected chi connectivity index (χ1v) is 16.2. The predicted molar refractivity (Wildman–Crippen MR) is 151 cm³/mol. The Morgan fingerprint density at radius 2 is 2.00 bits per heavy atom. The quantitative estimate of drug-likeness (QED) is 0.336. The first kappa shape index (κ1) is 28.0. The minimum absolute atomic E-state index is 0.0375. The summed E-state index contributed by atoms with van der Waals surface area (Å²) in [5.41, 5.74) is -0.160. The summed E-state index contributed by atoms with van der Waals surface area (Å²) >= 11 is 1.35. The highest BCUT2D eigenvalue weighted by molar-refractivity contribution is 7.92. The maximum atomic E-state index is 14.0. The summed E-state index contributed by atoms with van der Waals surface area (Å²) in [7, 11) is -7.56. The Morgan fingerprint density at radius 3 is 2.61 bits per heavy atom. The number of aromatic nitrogens is 2. The predicted octanol–water partition coefficient (Wildman–Crippen LogP) is 4.21. The molecule has 0 fully saturated rings. The molecule has 1 aromatic carbocycles. The van der Waals surface area contributed by atoms with E-state index in [0.717, 1.165) is 6.26 Å². The van der Waals surface area contributed by atoms with E-state index in [1.165, 1.54) is 34.2 Å². The lowest BCUT2D eigenvalue weighted by Gasteiger charge is -2.26. The zero-order valence-electron chi connectivity index (χ0n) is 21.7. The van der Waals surface area contributed by atoms with Crippen molar-refractivity contribution < 1.29 is 22.6 Å². The van der Waals surface area contributed by atoms with E-state index in [2.05, 4.69) is 40.7 Å². The van der Waals surface area contributed by atoms with Crippen LogP contribution in [0, 0.1) is 5.41 Å². The van der Waals surface area contributed by atoms with Gasteiger partial charge in [-0.05, 0) is 48.4 Å². The number of amidine groups is 1. The van der Waals surface area contributed by atoms with E-state index < -0.39 is 28.9 Å². The molecule has 3 aromatic rings. The van der Waals surface area contributed by atoms with Crippen molar-refractivity contribution in [3.8, 4) is 16.3 Å². The van der Waals surface area contributed by atoms with Gasteiger partial charge in [0.15, 0.2) is 11.6 Å². The van der Waals surface area contributed by atoms with Gasteiger partial charge in [0.2, 0.25) is 10.0 Å². The normalized spacial score (nSPS) is 17.4. The molecule has 1 aliphatic rings. The number of nitrogens with zero attached hydrogens (tertiary/aromatic N) is 3. The zero-order valence-corrected chi connectivity index (χ0v) is 24.2. The van der Waals surface area contributed by atoms with Crippen molar-refractivity contribution in [1.82, 2.24) is 9.78 Å². The molecule has 1 atom stereocenters. The van der Waals surface area contributed by atoms with Crippen LogP contribution in [0.5, 0.6) is 5.75 Å². The average molecular weight is 580 g/mol. The van der Waals surface area contributed by atoms with Gasteiger partial charge in [0.1, 0.15) is 11.3 Å². The average Bonchev–Trinajstić information content (AvgIpc) is 3.32. The number of thiophene rings is 1. The highest BCUT2D eigenvalue weighted by atomic mass is 32.2. The van der Waals surface area contributed by atoms with Gasteiger partial charge in [-0.3, -0.25) is 14.1 Å². The van der Waals surface area contributed by atoms with Gasteiger partial charge in [-0.2, -0.15) is 9.86 Å². The molecule has 14 heteroatoms. The minimum atomic E-state index is -3.98. The summed E-state index contributed by atoms with van der Waals surface area (Å²) in [5.74, 6) is -0.511. The Balaban J connectivity index is 1.90. The molecule has 38 heavy (non-hydrogen) atoms. The lowest BCUT2D eigenvalue weighted by atomic mass is 9.92. The van der Waals surface area contributed by atoms with Crippen LogP contribution in [-0.2, 0) is 25.7 Å². The highest BCUT2D eigenvalue weighted by Gasteiger charge is 2.36. The maximum absolute atomic E-state index is 14.0. The fourth-order valence-electron chi connectivity index (χ4n) is 3.82. The van der Waals surface area contributed by atoms with Gasteiger partial charge in [-0.1, -0.05) is 26.8 Å². The number of hydrogen-bond acceptors (Lipinski definition) is 9. The molecule has 0 radical (unpaired) electrons. The summed E-state index contributed by atoms with van der Waals surface area (Å²) in [6, 6.07) is 7.97. The second kappa shape index (κ2) is 10.3. The van der Waals surface area contributed by atoms with Crippen LogP contribution in [-0.4, -0.2) is 42.0 Å². The van der Waals surface area contributed by atoms with Crippen LogP contribution in [0.1, 0.15) is 39.7 Å². The van der Waals surface area contributed by atoms with E-state index in [1.54, 1.807) is 13.0 Å². The highest BCUT2D eigenvalue weighted by Crippen LogP contribution is 2.52. The molecule has 0 bridgehead atoms. The fourth-order valence-corrected chi connectivity index (χ4v) is 6.89. The Hall–Kier alpha value is -2.99. The third kappa shape index (κ3) is 6.01. The maximum Gasteiger partial charge on any atom is 0.348 e. The molecule has 3 heterocycles. The molecule has 0 saturated heterocycles. The third-order valence-electron chi connectivity index (χ3n) is 5.59. The number of fused-ring (bicyclic) bond motifs is 1. The molecular formula is C24H30N5O6PS2. The Bertz CT molecular complexity index is 1610. The van der Waals surface area contributed by atoms with Gasteiger partial charge < -0.3 is 14.9 Å². The number of nitrogens with one attached hydrogen (secondary N) is 2. The van der Waals surface area contributed by atoms with Crippen molar-refractivity contribution in [3.05, 3.63) is 51.6 Å². The molecule has 0 aliphatic carbocycles. The second-order valence-electron chi connectivity index (χ2n) is 10.0. The van der Waals surface area contributed by atoms with E-state index in [1.807, 2.05) is 11.4 Å². The topological polar surface area (TPSA) is 152 Å². The van der Waals surface area contributed by atoms with E-state index in [9.17, 15) is 22.9 Å². The van der Waals surface area contributed by atoms with Gasteiger partial charge in [0.05, 0.1) is 28.7 Å². The molecule has 1 unspecified atom stereocenters. The Kier molecular flexibility index (Phi) is 7.59. The smallest absolute Gasteiger partial charge is 0.348 e. The summed E-state index contributed by atoms with van der Waals surface area (Å²) in [4.78, 5) is 14.3. The molecule has 2 aromatic heterocycles. The number of rotatable bonds is 8. The number of anilines is 2. The lowest BCUT2D eigenvalue weighted by molar-refractivity contribution is 0.335. The number of sulfonamides is 1. The van der Waals surface area contributed by atoms with E-state index in [4.69, 9.17) is 4.52 Å². The van der Waals surface area contributed by atoms with Crippen molar-refractivity contribution in [2.24, 2.45) is 10.2 Å². The first-order chi connectivity index (χ1) is 17.7. The number of aromatic hydroxyl groups is 1. The fraction of sp³-hybridized carbons (Fsp3) is 0.375. The number of aryl methyl sites for hydroxylation is 1. The molecule has 204 valence electrons. The summed E-state index contributed by atoms with van der Waals surface area (Å²) in [6.07, 6.45) is 1.65. The molecule has 0 amide bonds. The van der Waals surface area contributed by atoms with E-state index in [-0.39, 0.29) is 40.1 Å². The van der Waals surface area contributed by atoms with Crippen LogP contribution in [0.4, 0.5) is 11.4 Å². The van der Waals surface area contributed by atoms with Crippen molar-refractivity contribution in [3.63, 3.8) is 0 Å². The molecule has 3 N–H and O–H groups in total. The van der Waals surface area contributed by atoms with Crippen molar-refractivity contribution in [1.29, 1.82) is 0 Å². The third-order valence-corrected chi connectivity index (χ3v) is 9.12. The monoisotopic (exact) mass is 579 g/mol. The minimum Gasteiger partial charge on any atom is -0.505 e. The Labute approximate surface area is 225 Å². The molecule has 4 rings (SSSR count). The van der Waals surface area contributed by atoms with Gasteiger partial charge >= 0.3 is 7.52 Å². The van der Waals surface area contributed by atoms with Gasteiger partial charge in [-0.25, -0.2) is 13.1 Å². The summed E-state index contributed by atoms with van der Waals surface area (Å²) in [5, 5.41) is 20.7. The van der Waals surface area contributed by atoms with Gasteiger partial charge in [-0.15, -0.1) is 11.3 Å². The number of hydrogen-bond donors (Lipinski definition) is 3. The Morgan fingerprint density at radius 1 is 1.26 bits per heavy atom. The standard InChI is InChI=1S/C24H30N5O6PS2/c1-6-35-36(32)17-14-15(28-38(5,33)34)9-10-16(17)25-22(27-36)19-21(30)20(18-8-7-13-37-18)26-29(23(19)31)12-11-24(2,3)4/h7-10,13-14,28,30H,6,11-12H2,1-5H3,(H,25,27,32). The molecular weight excluding hydrogens is 549 g/mol. The second-order valence-corrected chi connectivity index (χ2v) is 14.7. The summed E-state index contributed by atoms with van der Waals surface area (Å²) < 4.78 is 51.0. The van der Waals surface area contributed by atoms with Crippen LogP contribution in [0.2, 0.25) is 0 Å². The van der Waals surface area contributed by atoms with Gasteiger partial charge in [0.25, 0.3) is 5.56 Å². The van der Waals surface area contributed by atoms with Gasteiger partial charge in [0, 0.05) is 12.2 Å². The van der Waals surface area contributed by atoms with E-state index in [0.29, 0.717) is 23.5 Å². The number of benzene rings is 1. The largest absolute Gasteiger partial charge is 0.505 e. The SMILES string of the molecule is CCOP1(=O)N=C(c2c(O)c(-c3cccs3)nn(CCC(C)(C)C)c2=O)Nc2ccc(NS(C)(=O)=O)cc21. The van der Waals surface area contributed by atoms with Crippen molar-refractivity contribution in [2.45, 2.75) is 40.7 Å². The van der Waals surface area contributed by atoms with E-state index >= 15 is 0 Å². The molecule has 11 nitrogen and oxygen atoms in total. The summed E-state index contributed by atoms with van der Waals surface area (Å²) in [6.45, 7) is 8.13. The van der Waals surface area contributed by atoms with Crippen LogP contribution in [0.25, 0.3) is 10.6 Å². The van der Waals surface area contributed by atoms with Crippen molar-refractivity contribution >= 4 is 51.4 Å². The molecule has 0 saturated carbocycles. The van der Waals surface area contributed by atoms with Crippen LogP contribution in [0.15, 0.2) is 45.3 Å². The lowest BCUT2D eigenvalue weighted by Crippen LogP contribution is -2.35. The first-order valence-electron chi connectivity index (χ1n) is 11.8.